The highest BCUT2D eigenvalue weighted by molar-refractivity contribution is 5.99. The zero-order valence-corrected chi connectivity index (χ0v) is 15.8. The standard InChI is InChI=1S/C19H22N4O5/c1-11(16(24)22-19(27)20-2)28-18(26)12-7-8-13-14(10-12)21-15-6-4-3-5-9-23(15)17(13)25/h7-8,10-11H,3-6,9H2,1-2H3,(H2,20,22,24,27)/t11-/m1/s1. The molecule has 28 heavy (non-hydrogen) atoms. The minimum atomic E-state index is -1.16. The lowest BCUT2D eigenvalue weighted by molar-refractivity contribution is -0.127. The van der Waals surface area contributed by atoms with Crippen molar-refractivity contribution in [3.63, 3.8) is 0 Å². The summed E-state index contributed by atoms with van der Waals surface area (Å²) in [5, 5.41) is 4.72. The van der Waals surface area contributed by atoms with Gasteiger partial charge in [0.15, 0.2) is 6.10 Å². The number of nitrogens with zero attached hydrogens (tertiary/aromatic N) is 2. The fourth-order valence-corrected chi connectivity index (χ4v) is 3.10. The molecule has 1 aromatic heterocycles. The summed E-state index contributed by atoms with van der Waals surface area (Å²) >= 11 is 0. The van der Waals surface area contributed by atoms with Gasteiger partial charge in [-0.25, -0.2) is 14.6 Å². The number of rotatable bonds is 3. The molecular formula is C19H22N4O5. The van der Waals surface area contributed by atoms with E-state index in [9.17, 15) is 19.2 Å². The summed E-state index contributed by atoms with van der Waals surface area (Å²) in [6, 6.07) is 3.83. The zero-order valence-electron chi connectivity index (χ0n) is 15.8. The second-order valence-electron chi connectivity index (χ2n) is 6.64. The Morgan fingerprint density at radius 3 is 2.75 bits per heavy atom. The van der Waals surface area contributed by atoms with Crippen LogP contribution in [-0.4, -0.2) is 40.6 Å². The van der Waals surface area contributed by atoms with Gasteiger partial charge in [-0.2, -0.15) is 0 Å². The molecular weight excluding hydrogens is 364 g/mol. The van der Waals surface area contributed by atoms with Gasteiger partial charge in [0, 0.05) is 20.0 Å². The van der Waals surface area contributed by atoms with Gasteiger partial charge in [-0.1, -0.05) is 6.42 Å². The van der Waals surface area contributed by atoms with E-state index in [2.05, 4.69) is 10.3 Å². The summed E-state index contributed by atoms with van der Waals surface area (Å²) in [7, 11) is 1.37. The van der Waals surface area contributed by atoms with Crippen molar-refractivity contribution in [2.24, 2.45) is 0 Å². The number of imide groups is 1. The monoisotopic (exact) mass is 386 g/mol. The molecule has 0 fully saturated rings. The van der Waals surface area contributed by atoms with Crippen LogP contribution < -0.4 is 16.2 Å². The van der Waals surface area contributed by atoms with Gasteiger partial charge in [-0.05, 0) is 38.0 Å². The van der Waals surface area contributed by atoms with Crippen LogP contribution >= 0.6 is 0 Å². The van der Waals surface area contributed by atoms with Crippen molar-refractivity contribution in [3.05, 3.63) is 39.9 Å². The van der Waals surface area contributed by atoms with E-state index in [1.54, 1.807) is 10.6 Å². The second-order valence-corrected chi connectivity index (χ2v) is 6.64. The Hall–Kier alpha value is -3.23. The number of fused-ring (bicyclic) bond motifs is 2. The summed E-state index contributed by atoms with van der Waals surface area (Å²) in [4.78, 5) is 52.7. The molecule has 1 atom stereocenters. The molecule has 148 valence electrons. The van der Waals surface area contributed by atoms with E-state index in [0.717, 1.165) is 31.5 Å². The van der Waals surface area contributed by atoms with Crippen LogP contribution in [0, 0.1) is 0 Å². The molecule has 0 bridgehead atoms. The molecule has 0 saturated heterocycles. The van der Waals surface area contributed by atoms with Gasteiger partial charge >= 0.3 is 12.0 Å². The summed E-state index contributed by atoms with van der Waals surface area (Å²) < 4.78 is 6.82. The number of hydrogen-bond donors (Lipinski definition) is 2. The molecule has 0 aliphatic carbocycles. The fraction of sp³-hybridized carbons (Fsp3) is 0.421. The number of benzene rings is 1. The smallest absolute Gasteiger partial charge is 0.338 e. The highest BCUT2D eigenvalue weighted by Crippen LogP contribution is 2.17. The molecule has 9 heteroatoms. The molecule has 0 spiro atoms. The van der Waals surface area contributed by atoms with Crippen LogP contribution in [0.1, 0.15) is 42.4 Å². The van der Waals surface area contributed by atoms with Gasteiger partial charge in [0.1, 0.15) is 5.82 Å². The number of aryl methyl sites for hydroxylation is 1. The van der Waals surface area contributed by atoms with E-state index >= 15 is 0 Å². The second kappa shape index (κ2) is 8.20. The maximum atomic E-state index is 12.7. The van der Waals surface area contributed by atoms with Crippen LogP contribution in [0.15, 0.2) is 23.0 Å². The van der Waals surface area contributed by atoms with Crippen molar-refractivity contribution in [2.75, 3.05) is 7.05 Å². The summed E-state index contributed by atoms with van der Waals surface area (Å²) in [5.74, 6) is -0.757. The highest BCUT2D eigenvalue weighted by Gasteiger charge is 2.21. The van der Waals surface area contributed by atoms with Gasteiger partial charge in [0.05, 0.1) is 16.5 Å². The molecule has 9 nitrogen and oxygen atoms in total. The third-order valence-corrected chi connectivity index (χ3v) is 4.67. The van der Waals surface area contributed by atoms with Gasteiger partial charge in [0.25, 0.3) is 11.5 Å². The van der Waals surface area contributed by atoms with Crippen LogP contribution in [0.5, 0.6) is 0 Å². The van der Waals surface area contributed by atoms with E-state index in [4.69, 9.17) is 4.74 Å². The Bertz CT molecular complexity index is 998. The number of urea groups is 1. The average molecular weight is 386 g/mol. The van der Waals surface area contributed by atoms with Gasteiger partial charge in [-0.15, -0.1) is 0 Å². The van der Waals surface area contributed by atoms with E-state index in [-0.39, 0.29) is 11.1 Å². The molecule has 1 aliphatic heterocycles. The zero-order chi connectivity index (χ0) is 20.3. The number of carbonyl (C=O) groups excluding carboxylic acids is 3. The number of carbonyl (C=O) groups is 3. The predicted molar refractivity (Wildman–Crippen MR) is 101 cm³/mol. The molecule has 2 aromatic rings. The predicted octanol–water partition coefficient (Wildman–Crippen LogP) is 1.12. The first-order valence-corrected chi connectivity index (χ1v) is 9.17. The molecule has 1 aromatic carbocycles. The fourth-order valence-electron chi connectivity index (χ4n) is 3.10. The van der Waals surface area contributed by atoms with Gasteiger partial charge < -0.3 is 10.1 Å². The minimum absolute atomic E-state index is 0.111. The largest absolute Gasteiger partial charge is 0.449 e. The average Bonchev–Trinajstić information content (AvgIpc) is 2.93. The van der Waals surface area contributed by atoms with Crippen LogP contribution in [0.3, 0.4) is 0 Å². The maximum absolute atomic E-state index is 12.7. The molecule has 2 N–H and O–H groups in total. The van der Waals surface area contributed by atoms with Crippen molar-refractivity contribution in [3.8, 4) is 0 Å². The van der Waals surface area contributed by atoms with E-state index in [1.807, 2.05) is 5.32 Å². The topological polar surface area (TPSA) is 119 Å². The van der Waals surface area contributed by atoms with Crippen LogP contribution in [-0.2, 0) is 22.5 Å². The molecule has 0 saturated carbocycles. The summed E-state index contributed by atoms with van der Waals surface area (Å²) in [6.07, 6.45) is 2.52. The first-order valence-electron chi connectivity index (χ1n) is 9.17. The van der Waals surface area contributed by atoms with Gasteiger partial charge in [0.2, 0.25) is 0 Å². The minimum Gasteiger partial charge on any atom is -0.449 e. The lowest BCUT2D eigenvalue weighted by Crippen LogP contribution is -2.43. The number of aromatic nitrogens is 2. The quantitative estimate of drug-likeness (QED) is 0.763. The van der Waals surface area contributed by atoms with Crippen molar-refractivity contribution in [1.82, 2.24) is 20.2 Å². The molecule has 2 heterocycles. The first-order chi connectivity index (χ1) is 13.4. The van der Waals surface area contributed by atoms with E-state index in [0.29, 0.717) is 17.4 Å². The SMILES string of the molecule is CNC(=O)NC(=O)[C@@H](C)OC(=O)c1ccc2c(=O)n3c(nc2c1)CCCCC3. The number of nitrogens with one attached hydrogen (secondary N) is 2. The Kier molecular flexibility index (Phi) is 5.72. The van der Waals surface area contributed by atoms with Crippen molar-refractivity contribution < 1.29 is 19.1 Å². The van der Waals surface area contributed by atoms with Crippen molar-refractivity contribution >= 4 is 28.8 Å². The highest BCUT2D eigenvalue weighted by atomic mass is 16.5. The number of esters is 1. The lowest BCUT2D eigenvalue weighted by Gasteiger charge is -2.13. The van der Waals surface area contributed by atoms with Crippen LogP contribution in [0.4, 0.5) is 4.79 Å². The maximum Gasteiger partial charge on any atom is 0.338 e. The molecule has 1 aliphatic rings. The van der Waals surface area contributed by atoms with E-state index in [1.165, 1.54) is 26.1 Å². The molecule has 0 unspecified atom stereocenters. The Morgan fingerprint density at radius 2 is 2.00 bits per heavy atom. The Labute approximate surface area is 161 Å². The van der Waals surface area contributed by atoms with Crippen molar-refractivity contribution in [2.45, 2.75) is 45.3 Å². The first kappa shape index (κ1) is 19.5. The third-order valence-electron chi connectivity index (χ3n) is 4.67. The molecule has 3 rings (SSSR count). The molecule has 3 amide bonds. The summed E-state index contributed by atoms with van der Waals surface area (Å²) in [6.45, 7) is 2.01. The van der Waals surface area contributed by atoms with Crippen LogP contribution in [0.2, 0.25) is 0 Å². The Balaban J connectivity index is 1.83. The number of ether oxygens (including phenoxy) is 1. The van der Waals surface area contributed by atoms with E-state index < -0.39 is 24.0 Å². The van der Waals surface area contributed by atoms with Crippen LogP contribution in [0.25, 0.3) is 10.9 Å². The number of hydrogen-bond acceptors (Lipinski definition) is 6. The molecule has 0 radical (unpaired) electrons. The van der Waals surface area contributed by atoms with Crippen molar-refractivity contribution in [1.29, 1.82) is 0 Å². The Morgan fingerprint density at radius 1 is 1.21 bits per heavy atom. The third kappa shape index (κ3) is 4.03. The number of amides is 3. The lowest BCUT2D eigenvalue weighted by atomic mass is 10.1. The van der Waals surface area contributed by atoms with Gasteiger partial charge in [-0.3, -0.25) is 19.5 Å². The normalized spacial score (nSPS) is 14.5. The summed E-state index contributed by atoms with van der Waals surface area (Å²) in [5.41, 5.74) is 0.493.